The van der Waals surface area contributed by atoms with E-state index in [2.05, 4.69) is 25.3 Å². The molecule has 0 aromatic carbocycles. The SMILES string of the molecule is CC(C)OCCc1nc(-c2n[nH]c3c2CC(F)(F)CC3)n(CCc2ccccn2)n1. The van der Waals surface area contributed by atoms with Gasteiger partial charge in [-0.3, -0.25) is 10.1 Å². The molecule has 0 bridgehead atoms. The Labute approximate surface area is 173 Å². The first-order valence-electron chi connectivity index (χ1n) is 10.3. The number of ether oxygens (including phenoxy) is 1. The maximum absolute atomic E-state index is 14.1. The highest BCUT2D eigenvalue weighted by Crippen LogP contribution is 2.36. The smallest absolute Gasteiger partial charge is 0.252 e. The van der Waals surface area contributed by atoms with E-state index in [9.17, 15) is 8.78 Å². The van der Waals surface area contributed by atoms with Crippen LogP contribution in [0.25, 0.3) is 11.5 Å². The Morgan fingerprint density at radius 2 is 2.13 bits per heavy atom. The Kier molecular flexibility index (Phi) is 5.90. The predicted octanol–water partition coefficient (Wildman–Crippen LogP) is 3.40. The molecule has 7 nitrogen and oxygen atoms in total. The van der Waals surface area contributed by atoms with Crippen LogP contribution in [0.15, 0.2) is 24.4 Å². The van der Waals surface area contributed by atoms with Crippen molar-refractivity contribution in [2.24, 2.45) is 0 Å². The Hall–Kier alpha value is -2.68. The molecule has 4 rings (SSSR count). The first kappa shape index (κ1) is 20.6. The van der Waals surface area contributed by atoms with Crippen LogP contribution in [0.2, 0.25) is 0 Å². The van der Waals surface area contributed by atoms with Crippen LogP contribution in [0.4, 0.5) is 8.78 Å². The zero-order valence-corrected chi connectivity index (χ0v) is 17.2. The van der Waals surface area contributed by atoms with Gasteiger partial charge in [0.1, 0.15) is 5.69 Å². The monoisotopic (exact) mass is 416 g/mol. The molecule has 0 aliphatic heterocycles. The Morgan fingerprint density at radius 3 is 2.90 bits per heavy atom. The molecule has 1 N–H and O–H groups in total. The number of aryl methyl sites for hydroxylation is 3. The normalized spacial score (nSPS) is 15.5. The van der Waals surface area contributed by atoms with Crippen LogP contribution in [0.3, 0.4) is 0 Å². The average molecular weight is 416 g/mol. The van der Waals surface area contributed by atoms with Crippen LogP contribution in [0.1, 0.15) is 43.0 Å². The average Bonchev–Trinajstić information content (AvgIpc) is 3.29. The second kappa shape index (κ2) is 8.59. The lowest BCUT2D eigenvalue weighted by atomic mass is 9.92. The third-order valence-electron chi connectivity index (χ3n) is 5.14. The molecule has 0 atom stereocenters. The van der Waals surface area contributed by atoms with Crippen molar-refractivity contribution in [1.29, 1.82) is 0 Å². The summed E-state index contributed by atoms with van der Waals surface area (Å²) in [6, 6.07) is 5.75. The van der Waals surface area contributed by atoms with Gasteiger partial charge in [0.15, 0.2) is 11.6 Å². The molecule has 0 spiro atoms. The van der Waals surface area contributed by atoms with Crippen molar-refractivity contribution in [3.05, 3.63) is 47.2 Å². The summed E-state index contributed by atoms with van der Waals surface area (Å²) in [7, 11) is 0. The van der Waals surface area contributed by atoms with Crippen LogP contribution >= 0.6 is 0 Å². The number of alkyl halides is 2. The highest BCUT2D eigenvalue weighted by atomic mass is 19.3. The van der Waals surface area contributed by atoms with Crippen molar-refractivity contribution in [2.45, 2.75) is 64.5 Å². The van der Waals surface area contributed by atoms with Gasteiger partial charge in [-0.2, -0.15) is 10.2 Å². The number of rotatable bonds is 8. The van der Waals surface area contributed by atoms with E-state index in [1.165, 1.54) is 0 Å². The van der Waals surface area contributed by atoms with E-state index < -0.39 is 5.92 Å². The number of H-pyrrole nitrogens is 1. The number of fused-ring (bicyclic) bond motifs is 1. The number of hydrogen-bond acceptors (Lipinski definition) is 5. The molecule has 0 amide bonds. The van der Waals surface area contributed by atoms with Crippen LogP contribution < -0.4 is 0 Å². The number of pyridine rings is 1. The standard InChI is InChI=1S/C21H26F2N6O/c1-14(2)30-12-8-18-25-20(29(28-18)11-7-15-5-3-4-10-24-15)19-16-13-21(22,23)9-6-17(16)26-27-19/h3-5,10,14H,6-9,11-13H2,1-2H3,(H,26,27). The quantitative estimate of drug-likeness (QED) is 0.609. The van der Waals surface area contributed by atoms with E-state index in [-0.39, 0.29) is 25.4 Å². The molecule has 3 heterocycles. The lowest BCUT2D eigenvalue weighted by molar-refractivity contribution is -0.0123. The molecule has 1 aliphatic carbocycles. The van der Waals surface area contributed by atoms with E-state index in [1.54, 1.807) is 10.9 Å². The van der Waals surface area contributed by atoms with Gasteiger partial charge in [-0.1, -0.05) is 6.07 Å². The lowest BCUT2D eigenvalue weighted by Crippen LogP contribution is -2.25. The van der Waals surface area contributed by atoms with Crippen molar-refractivity contribution in [3.63, 3.8) is 0 Å². The summed E-state index contributed by atoms with van der Waals surface area (Å²) in [5, 5.41) is 11.9. The molecule has 3 aromatic heterocycles. The van der Waals surface area contributed by atoms with Crippen molar-refractivity contribution in [1.82, 2.24) is 29.9 Å². The molecule has 0 saturated carbocycles. The second-order valence-electron chi connectivity index (χ2n) is 7.88. The fourth-order valence-corrected chi connectivity index (χ4v) is 3.62. The minimum atomic E-state index is -2.72. The summed E-state index contributed by atoms with van der Waals surface area (Å²) in [6.07, 6.45) is 2.87. The summed E-state index contributed by atoms with van der Waals surface area (Å²) < 4.78 is 35.5. The first-order chi connectivity index (χ1) is 14.4. The molecule has 160 valence electrons. The highest BCUT2D eigenvalue weighted by molar-refractivity contribution is 5.57. The number of hydrogen-bond donors (Lipinski definition) is 1. The van der Waals surface area contributed by atoms with Gasteiger partial charge in [0.05, 0.1) is 12.7 Å². The van der Waals surface area contributed by atoms with E-state index in [4.69, 9.17) is 4.74 Å². The minimum absolute atomic E-state index is 0.122. The summed E-state index contributed by atoms with van der Waals surface area (Å²) >= 11 is 0. The zero-order chi connectivity index (χ0) is 21.1. The Balaban J connectivity index is 1.62. The van der Waals surface area contributed by atoms with Crippen molar-refractivity contribution in [3.8, 4) is 11.5 Å². The molecule has 1 aliphatic rings. The largest absolute Gasteiger partial charge is 0.378 e. The molecular weight excluding hydrogens is 390 g/mol. The third-order valence-corrected chi connectivity index (χ3v) is 5.14. The van der Waals surface area contributed by atoms with Crippen molar-refractivity contribution < 1.29 is 13.5 Å². The third kappa shape index (κ3) is 4.72. The number of nitrogens with one attached hydrogen (secondary N) is 1. The van der Waals surface area contributed by atoms with E-state index in [0.29, 0.717) is 48.9 Å². The molecule has 0 saturated heterocycles. The Bertz CT molecular complexity index is 983. The van der Waals surface area contributed by atoms with Gasteiger partial charge in [-0.25, -0.2) is 18.4 Å². The topological polar surface area (TPSA) is 81.5 Å². The fraction of sp³-hybridized carbons (Fsp3) is 0.524. The summed E-state index contributed by atoms with van der Waals surface area (Å²) in [4.78, 5) is 8.99. The van der Waals surface area contributed by atoms with Gasteiger partial charge < -0.3 is 4.74 Å². The molecule has 0 radical (unpaired) electrons. The maximum Gasteiger partial charge on any atom is 0.252 e. The number of aromatic amines is 1. The molecule has 0 fully saturated rings. The van der Waals surface area contributed by atoms with Gasteiger partial charge in [0, 0.05) is 55.4 Å². The van der Waals surface area contributed by atoms with Crippen LogP contribution in [0, 0.1) is 0 Å². The lowest BCUT2D eigenvalue weighted by Gasteiger charge is -2.21. The van der Waals surface area contributed by atoms with Crippen LogP contribution in [-0.4, -0.2) is 48.6 Å². The highest BCUT2D eigenvalue weighted by Gasteiger charge is 2.37. The van der Waals surface area contributed by atoms with Crippen molar-refractivity contribution in [2.75, 3.05) is 6.61 Å². The van der Waals surface area contributed by atoms with E-state index in [1.807, 2.05) is 32.0 Å². The summed E-state index contributed by atoms with van der Waals surface area (Å²) in [5.41, 5.74) is 2.70. The van der Waals surface area contributed by atoms with Gasteiger partial charge in [0.25, 0.3) is 5.92 Å². The Morgan fingerprint density at radius 1 is 1.27 bits per heavy atom. The molecule has 30 heavy (non-hydrogen) atoms. The van der Waals surface area contributed by atoms with Gasteiger partial charge in [0.2, 0.25) is 0 Å². The summed E-state index contributed by atoms with van der Waals surface area (Å²) in [6.45, 7) is 4.97. The molecular formula is C21H26F2N6O. The molecule has 9 heteroatoms. The van der Waals surface area contributed by atoms with E-state index in [0.717, 1.165) is 11.4 Å². The summed E-state index contributed by atoms with van der Waals surface area (Å²) in [5.74, 6) is -1.59. The van der Waals surface area contributed by atoms with Gasteiger partial charge in [-0.15, -0.1) is 0 Å². The number of halogens is 2. The van der Waals surface area contributed by atoms with Crippen molar-refractivity contribution >= 4 is 0 Å². The second-order valence-corrected chi connectivity index (χ2v) is 7.88. The van der Waals surface area contributed by atoms with Gasteiger partial charge in [-0.05, 0) is 32.4 Å². The van der Waals surface area contributed by atoms with Gasteiger partial charge >= 0.3 is 0 Å². The number of aromatic nitrogens is 6. The predicted molar refractivity (Wildman–Crippen MR) is 107 cm³/mol. The van der Waals surface area contributed by atoms with Crippen LogP contribution in [-0.2, 0) is 37.0 Å². The first-order valence-corrected chi connectivity index (χ1v) is 10.3. The van der Waals surface area contributed by atoms with E-state index >= 15 is 0 Å². The van der Waals surface area contributed by atoms with Crippen LogP contribution in [0.5, 0.6) is 0 Å². The molecule has 3 aromatic rings. The fourth-order valence-electron chi connectivity index (χ4n) is 3.62. The zero-order valence-electron chi connectivity index (χ0n) is 17.2. The minimum Gasteiger partial charge on any atom is -0.378 e. The number of nitrogens with zero attached hydrogens (tertiary/aromatic N) is 5. The molecule has 0 unspecified atom stereocenters. The maximum atomic E-state index is 14.1.